The van der Waals surface area contributed by atoms with Crippen molar-refractivity contribution in [3.63, 3.8) is 0 Å². The summed E-state index contributed by atoms with van der Waals surface area (Å²) in [5.74, 6) is -0.373. The second-order valence-corrected chi connectivity index (χ2v) is 9.09. The summed E-state index contributed by atoms with van der Waals surface area (Å²) in [6.45, 7) is 6.01. The molecule has 1 saturated carbocycles. The molecule has 4 rings (SSSR count). The topological polar surface area (TPSA) is 106 Å². The van der Waals surface area contributed by atoms with Crippen molar-refractivity contribution in [1.82, 2.24) is 19.6 Å². The van der Waals surface area contributed by atoms with Crippen molar-refractivity contribution in [3.05, 3.63) is 76.8 Å². The summed E-state index contributed by atoms with van der Waals surface area (Å²) in [6.07, 6.45) is 13.9. The van der Waals surface area contributed by atoms with E-state index in [1.807, 2.05) is 37.4 Å². The molecule has 0 aromatic carbocycles. The molecule has 0 spiro atoms. The van der Waals surface area contributed by atoms with Gasteiger partial charge in [0.1, 0.15) is 5.82 Å². The van der Waals surface area contributed by atoms with Crippen LogP contribution in [0, 0.1) is 5.92 Å². The lowest BCUT2D eigenvalue weighted by atomic mass is 9.80. The molecule has 0 atom stereocenters. The van der Waals surface area contributed by atoms with Gasteiger partial charge in [-0.3, -0.25) is 9.78 Å². The highest BCUT2D eigenvalue weighted by Gasteiger charge is 2.30. The minimum Gasteiger partial charge on any atom is -0.481 e. The highest BCUT2D eigenvalue weighted by atomic mass is 79.9. The number of rotatable bonds is 6. The van der Waals surface area contributed by atoms with E-state index in [2.05, 4.69) is 32.6 Å². The molecule has 0 amide bonds. The van der Waals surface area contributed by atoms with Crippen LogP contribution in [-0.2, 0) is 4.79 Å². The molecule has 0 unspecified atom stereocenters. The van der Waals surface area contributed by atoms with E-state index < -0.39 is 5.97 Å². The summed E-state index contributed by atoms with van der Waals surface area (Å²) < 4.78 is 2.35. The number of carboxylic acids is 1. The number of fused-ring (bicyclic) bond motifs is 1. The van der Waals surface area contributed by atoms with Crippen molar-refractivity contribution in [2.75, 3.05) is 5.73 Å². The number of hydrogen-bond donors (Lipinski definition) is 2. The maximum atomic E-state index is 11.3. The molecule has 170 valence electrons. The highest BCUT2D eigenvalue weighted by molar-refractivity contribution is 9.10. The zero-order valence-electron chi connectivity index (χ0n) is 18.4. The summed E-state index contributed by atoms with van der Waals surface area (Å²) in [5.41, 5.74) is 11.8. The average Bonchev–Trinajstić information content (AvgIpc) is 3.26. The Hall–Kier alpha value is -3.26. The second-order valence-electron chi connectivity index (χ2n) is 8.29. The number of anilines is 1. The minimum atomic E-state index is -0.719. The Morgan fingerprint density at radius 3 is 2.67 bits per heavy atom. The Labute approximate surface area is 200 Å². The SMILES string of the molecule is C=C/C(=C\C=C(/C)c1cccnc1)c1cnn2c(N)c(Br)c([C@H]3CC[C@H](C(=O)O)CC3)nc12. The Bertz CT molecular complexity index is 1250. The second kappa shape index (κ2) is 9.70. The van der Waals surface area contributed by atoms with Gasteiger partial charge in [0.05, 0.1) is 22.3 Å². The van der Waals surface area contributed by atoms with Crippen LogP contribution in [0.15, 0.2) is 60.0 Å². The normalized spacial score (nSPS) is 19.6. The summed E-state index contributed by atoms with van der Waals surface area (Å²) in [4.78, 5) is 20.5. The summed E-state index contributed by atoms with van der Waals surface area (Å²) in [7, 11) is 0. The van der Waals surface area contributed by atoms with Gasteiger partial charge < -0.3 is 10.8 Å². The Balaban J connectivity index is 1.71. The van der Waals surface area contributed by atoms with Crippen molar-refractivity contribution >= 4 is 44.5 Å². The highest BCUT2D eigenvalue weighted by Crippen LogP contribution is 2.40. The fraction of sp³-hybridized carbons (Fsp3) is 0.280. The maximum absolute atomic E-state index is 11.3. The van der Waals surface area contributed by atoms with Crippen LogP contribution in [-0.4, -0.2) is 30.7 Å². The molecule has 7 nitrogen and oxygen atoms in total. The summed E-state index contributed by atoms with van der Waals surface area (Å²) >= 11 is 3.61. The van der Waals surface area contributed by atoms with Gasteiger partial charge in [-0.25, -0.2) is 4.98 Å². The molecule has 1 fully saturated rings. The molecule has 3 aromatic rings. The van der Waals surface area contributed by atoms with Gasteiger partial charge in [0.2, 0.25) is 0 Å². The third-order valence-electron chi connectivity index (χ3n) is 6.27. The van der Waals surface area contributed by atoms with E-state index in [9.17, 15) is 9.90 Å². The third-order valence-corrected chi connectivity index (χ3v) is 7.08. The molecule has 8 heteroatoms. The van der Waals surface area contributed by atoms with E-state index in [4.69, 9.17) is 10.7 Å². The van der Waals surface area contributed by atoms with Crippen LogP contribution in [0.2, 0.25) is 0 Å². The first kappa shape index (κ1) is 22.9. The zero-order valence-corrected chi connectivity index (χ0v) is 20.0. The lowest BCUT2D eigenvalue weighted by molar-refractivity contribution is -0.142. The predicted molar refractivity (Wildman–Crippen MR) is 133 cm³/mol. The third kappa shape index (κ3) is 4.61. The van der Waals surface area contributed by atoms with Gasteiger partial charge in [-0.2, -0.15) is 9.61 Å². The molecular formula is C25H26BrN5O2. The number of carboxylic acid groups (broad SMARTS) is 1. The van der Waals surface area contributed by atoms with Gasteiger partial charge in [-0.1, -0.05) is 30.9 Å². The van der Waals surface area contributed by atoms with Crippen molar-refractivity contribution in [1.29, 1.82) is 0 Å². The van der Waals surface area contributed by atoms with Crippen LogP contribution in [0.4, 0.5) is 5.82 Å². The smallest absolute Gasteiger partial charge is 0.306 e. The number of nitrogens with two attached hydrogens (primary N) is 1. The molecule has 3 aromatic heterocycles. The van der Waals surface area contributed by atoms with E-state index in [-0.39, 0.29) is 11.8 Å². The molecule has 1 aliphatic carbocycles. The standard InChI is InChI=1S/C25H26BrN5O2/c1-3-16(7-6-15(2)19-5-4-12-28-13-19)20-14-29-31-23(27)21(26)22(30-24(20)31)17-8-10-18(11-9-17)25(32)33/h3-7,12-14,17-18H,1,8-11,27H2,2H3,(H,32,33)/b15-6+,16-7+/t17-,18-. The van der Waals surface area contributed by atoms with Gasteiger partial charge in [0.25, 0.3) is 0 Å². The molecule has 33 heavy (non-hydrogen) atoms. The molecular weight excluding hydrogens is 482 g/mol. The molecule has 3 N–H and O–H groups in total. The minimum absolute atomic E-state index is 0.147. The van der Waals surface area contributed by atoms with Gasteiger partial charge >= 0.3 is 5.97 Å². The number of carbonyl (C=O) groups is 1. The number of hydrogen-bond acceptors (Lipinski definition) is 5. The fourth-order valence-electron chi connectivity index (χ4n) is 4.28. The maximum Gasteiger partial charge on any atom is 0.306 e. The number of nitrogens with zero attached hydrogens (tertiary/aromatic N) is 4. The predicted octanol–water partition coefficient (Wildman–Crippen LogP) is 5.50. The van der Waals surface area contributed by atoms with Crippen molar-refractivity contribution in [3.8, 4) is 0 Å². The van der Waals surface area contributed by atoms with Crippen LogP contribution in [0.3, 0.4) is 0 Å². The Kier molecular flexibility index (Phi) is 6.74. The first-order valence-corrected chi connectivity index (χ1v) is 11.7. The van der Waals surface area contributed by atoms with Gasteiger partial charge in [-0.05, 0) is 71.3 Å². The quantitative estimate of drug-likeness (QED) is 0.426. The van der Waals surface area contributed by atoms with Crippen LogP contribution in [0.1, 0.15) is 55.3 Å². The lowest BCUT2D eigenvalue weighted by Crippen LogP contribution is -2.21. The molecule has 0 bridgehead atoms. The number of pyridine rings is 1. The van der Waals surface area contributed by atoms with Crippen LogP contribution in [0.25, 0.3) is 16.8 Å². The Morgan fingerprint density at radius 1 is 1.27 bits per heavy atom. The molecule has 3 heterocycles. The first-order chi connectivity index (χ1) is 15.9. The van der Waals surface area contributed by atoms with Crippen LogP contribution >= 0.6 is 15.9 Å². The lowest BCUT2D eigenvalue weighted by Gasteiger charge is -2.26. The number of aromatic nitrogens is 4. The van der Waals surface area contributed by atoms with Crippen molar-refractivity contribution < 1.29 is 9.90 Å². The van der Waals surface area contributed by atoms with E-state index in [0.29, 0.717) is 24.3 Å². The Morgan fingerprint density at radius 2 is 2.03 bits per heavy atom. The van der Waals surface area contributed by atoms with Crippen molar-refractivity contribution in [2.24, 2.45) is 5.92 Å². The largest absolute Gasteiger partial charge is 0.481 e. The van der Waals surface area contributed by atoms with Crippen molar-refractivity contribution in [2.45, 2.75) is 38.5 Å². The number of allylic oxidation sites excluding steroid dienone is 5. The number of halogens is 1. The van der Waals surface area contributed by atoms with Gasteiger partial charge in [0, 0.05) is 23.9 Å². The number of aliphatic carboxylic acids is 1. The molecule has 0 radical (unpaired) electrons. The zero-order chi connectivity index (χ0) is 23.5. The molecule has 0 saturated heterocycles. The number of nitrogen functional groups attached to an aromatic ring is 1. The van der Waals surface area contributed by atoms with E-state index in [1.54, 1.807) is 23.0 Å². The monoisotopic (exact) mass is 507 g/mol. The molecule has 0 aliphatic heterocycles. The van der Waals surface area contributed by atoms with Gasteiger partial charge in [0.15, 0.2) is 5.65 Å². The first-order valence-electron chi connectivity index (χ1n) is 10.9. The fourth-order valence-corrected chi connectivity index (χ4v) is 4.86. The van der Waals surface area contributed by atoms with Crippen LogP contribution in [0.5, 0.6) is 0 Å². The summed E-state index contributed by atoms with van der Waals surface area (Å²) in [5, 5.41) is 13.8. The van der Waals surface area contributed by atoms with E-state index >= 15 is 0 Å². The van der Waals surface area contributed by atoms with E-state index in [0.717, 1.165) is 45.3 Å². The van der Waals surface area contributed by atoms with Crippen LogP contribution < -0.4 is 5.73 Å². The summed E-state index contributed by atoms with van der Waals surface area (Å²) in [6, 6.07) is 3.92. The van der Waals surface area contributed by atoms with Gasteiger partial charge in [-0.15, -0.1) is 0 Å². The van der Waals surface area contributed by atoms with E-state index in [1.165, 1.54) is 0 Å². The average molecular weight is 508 g/mol. The molecule has 1 aliphatic rings.